The summed E-state index contributed by atoms with van der Waals surface area (Å²) < 4.78 is 13.8. The van der Waals surface area contributed by atoms with E-state index in [-0.39, 0.29) is 5.82 Å². The number of nitrogens with one attached hydrogen (secondary N) is 1. The lowest BCUT2D eigenvalue weighted by Gasteiger charge is -2.20. The van der Waals surface area contributed by atoms with Gasteiger partial charge in [-0.25, -0.2) is 4.39 Å². The number of nitrogens with zero attached hydrogens (tertiary/aromatic N) is 1. The molecule has 3 heteroatoms. The van der Waals surface area contributed by atoms with Gasteiger partial charge in [0.15, 0.2) is 0 Å². The Kier molecular flexibility index (Phi) is 4.53. The molecular formula is C16H19FN2. The molecule has 2 aromatic carbocycles. The second kappa shape index (κ2) is 6.34. The molecule has 19 heavy (non-hydrogen) atoms. The van der Waals surface area contributed by atoms with Crippen molar-refractivity contribution < 1.29 is 4.39 Å². The molecule has 0 fully saturated rings. The first kappa shape index (κ1) is 13.6. The summed E-state index contributed by atoms with van der Waals surface area (Å²) in [6.07, 6.45) is 0. The predicted molar refractivity (Wildman–Crippen MR) is 77.7 cm³/mol. The smallest absolute Gasteiger partial charge is 0.128 e. The van der Waals surface area contributed by atoms with E-state index in [2.05, 4.69) is 5.32 Å². The van der Waals surface area contributed by atoms with Crippen LogP contribution in [0, 0.1) is 5.82 Å². The molecule has 0 radical (unpaired) electrons. The molecule has 0 bridgehead atoms. The lowest BCUT2D eigenvalue weighted by Crippen LogP contribution is -2.17. The van der Waals surface area contributed by atoms with Gasteiger partial charge in [-0.05, 0) is 36.9 Å². The van der Waals surface area contributed by atoms with Crippen molar-refractivity contribution in [3.8, 4) is 0 Å². The fourth-order valence-corrected chi connectivity index (χ4v) is 2.09. The second-order valence-electron chi connectivity index (χ2n) is 4.65. The molecule has 2 rings (SSSR count). The minimum Gasteiger partial charge on any atom is -0.370 e. The highest BCUT2D eigenvalue weighted by Crippen LogP contribution is 2.17. The molecule has 0 saturated heterocycles. The van der Waals surface area contributed by atoms with Crippen molar-refractivity contribution in [2.24, 2.45) is 0 Å². The van der Waals surface area contributed by atoms with Crippen molar-refractivity contribution in [1.82, 2.24) is 5.32 Å². The fraction of sp³-hybridized carbons (Fsp3) is 0.250. The average molecular weight is 258 g/mol. The minimum absolute atomic E-state index is 0.150. The van der Waals surface area contributed by atoms with Crippen LogP contribution >= 0.6 is 0 Å². The molecule has 0 aliphatic carbocycles. The van der Waals surface area contributed by atoms with E-state index in [4.69, 9.17) is 0 Å². The Hall–Kier alpha value is -1.87. The SMILES string of the molecule is CNCc1ccc(F)c(CN(C)c2ccccc2)c1. The van der Waals surface area contributed by atoms with Crippen LogP contribution in [0.4, 0.5) is 10.1 Å². The zero-order valence-electron chi connectivity index (χ0n) is 11.4. The Bertz CT molecular complexity index is 526. The highest BCUT2D eigenvalue weighted by Gasteiger charge is 2.07. The predicted octanol–water partition coefficient (Wildman–Crippen LogP) is 3.18. The van der Waals surface area contributed by atoms with Crippen molar-refractivity contribution >= 4 is 5.69 Å². The van der Waals surface area contributed by atoms with Crippen molar-refractivity contribution in [3.05, 3.63) is 65.5 Å². The molecule has 1 N–H and O–H groups in total. The zero-order chi connectivity index (χ0) is 13.7. The maximum absolute atomic E-state index is 13.8. The molecule has 0 spiro atoms. The molecule has 0 atom stereocenters. The monoisotopic (exact) mass is 258 g/mol. The second-order valence-corrected chi connectivity index (χ2v) is 4.65. The quantitative estimate of drug-likeness (QED) is 0.886. The molecule has 0 aliphatic heterocycles. The first-order valence-electron chi connectivity index (χ1n) is 6.39. The van der Waals surface area contributed by atoms with E-state index in [0.717, 1.165) is 23.4 Å². The third kappa shape index (κ3) is 3.55. The number of hydrogen-bond acceptors (Lipinski definition) is 2. The van der Waals surface area contributed by atoms with Crippen molar-refractivity contribution in [2.75, 3.05) is 19.0 Å². The Morgan fingerprint density at radius 1 is 1.11 bits per heavy atom. The Morgan fingerprint density at radius 2 is 1.84 bits per heavy atom. The van der Waals surface area contributed by atoms with Crippen LogP contribution in [-0.4, -0.2) is 14.1 Å². The Labute approximate surface area is 113 Å². The van der Waals surface area contributed by atoms with Crippen LogP contribution in [0.2, 0.25) is 0 Å². The highest BCUT2D eigenvalue weighted by atomic mass is 19.1. The van der Waals surface area contributed by atoms with Crippen molar-refractivity contribution in [2.45, 2.75) is 13.1 Å². The number of halogens is 1. The van der Waals surface area contributed by atoms with E-state index in [9.17, 15) is 4.39 Å². The molecular weight excluding hydrogens is 239 g/mol. The van der Waals surface area contributed by atoms with Crippen LogP contribution in [0.15, 0.2) is 48.5 Å². The van der Waals surface area contributed by atoms with E-state index in [1.165, 1.54) is 0 Å². The van der Waals surface area contributed by atoms with Crippen LogP contribution < -0.4 is 10.2 Å². The summed E-state index contributed by atoms with van der Waals surface area (Å²) in [7, 11) is 3.86. The minimum atomic E-state index is -0.150. The Morgan fingerprint density at radius 3 is 2.53 bits per heavy atom. The van der Waals surface area contributed by atoms with Crippen LogP contribution in [0.3, 0.4) is 0 Å². The molecule has 0 heterocycles. The fourth-order valence-electron chi connectivity index (χ4n) is 2.09. The van der Waals surface area contributed by atoms with Gasteiger partial charge in [-0.1, -0.05) is 24.3 Å². The third-order valence-electron chi connectivity index (χ3n) is 3.10. The van der Waals surface area contributed by atoms with Gasteiger partial charge in [0.2, 0.25) is 0 Å². The maximum atomic E-state index is 13.8. The summed E-state index contributed by atoms with van der Waals surface area (Å²) in [6.45, 7) is 1.32. The molecule has 0 aromatic heterocycles. The summed E-state index contributed by atoms with van der Waals surface area (Å²) in [5.74, 6) is -0.150. The molecule has 2 nitrogen and oxygen atoms in total. The zero-order valence-corrected chi connectivity index (χ0v) is 11.4. The van der Waals surface area contributed by atoms with Crippen molar-refractivity contribution in [3.63, 3.8) is 0 Å². The summed E-state index contributed by atoms with van der Waals surface area (Å²) in [5, 5.41) is 3.08. The highest BCUT2D eigenvalue weighted by molar-refractivity contribution is 5.46. The van der Waals surface area contributed by atoms with Gasteiger partial charge in [-0.15, -0.1) is 0 Å². The topological polar surface area (TPSA) is 15.3 Å². The van der Waals surface area contributed by atoms with Gasteiger partial charge in [-0.3, -0.25) is 0 Å². The van der Waals surface area contributed by atoms with E-state index in [1.54, 1.807) is 6.07 Å². The lowest BCUT2D eigenvalue weighted by molar-refractivity contribution is 0.606. The normalized spacial score (nSPS) is 10.5. The van der Waals surface area contributed by atoms with Gasteiger partial charge in [0.25, 0.3) is 0 Å². The van der Waals surface area contributed by atoms with Crippen LogP contribution in [-0.2, 0) is 13.1 Å². The molecule has 0 amide bonds. The first-order valence-corrected chi connectivity index (χ1v) is 6.39. The van der Waals surface area contributed by atoms with Gasteiger partial charge in [0, 0.05) is 31.4 Å². The van der Waals surface area contributed by atoms with Gasteiger partial charge < -0.3 is 10.2 Å². The van der Waals surface area contributed by atoms with Crippen LogP contribution in [0.1, 0.15) is 11.1 Å². The molecule has 100 valence electrons. The summed E-state index contributed by atoms with van der Waals surface area (Å²) in [6, 6.07) is 15.3. The number of anilines is 1. The standard InChI is InChI=1S/C16H19FN2/c1-18-11-13-8-9-16(17)14(10-13)12-19(2)15-6-4-3-5-7-15/h3-10,18H,11-12H2,1-2H3. The number of hydrogen-bond donors (Lipinski definition) is 1. The lowest BCUT2D eigenvalue weighted by atomic mass is 10.1. The molecule has 0 aliphatic rings. The van der Waals surface area contributed by atoms with Crippen LogP contribution in [0.5, 0.6) is 0 Å². The van der Waals surface area contributed by atoms with Gasteiger partial charge >= 0.3 is 0 Å². The van der Waals surface area contributed by atoms with Gasteiger partial charge in [0.05, 0.1) is 0 Å². The van der Waals surface area contributed by atoms with E-state index >= 15 is 0 Å². The summed E-state index contributed by atoms with van der Waals surface area (Å²) in [4.78, 5) is 2.04. The number of benzene rings is 2. The number of para-hydroxylation sites is 1. The van der Waals surface area contributed by atoms with E-state index in [1.807, 2.05) is 61.5 Å². The summed E-state index contributed by atoms with van der Waals surface area (Å²) >= 11 is 0. The third-order valence-corrected chi connectivity index (χ3v) is 3.10. The van der Waals surface area contributed by atoms with Gasteiger partial charge in [0.1, 0.15) is 5.82 Å². The van der Waals surface area contributed by atoms with E-state index in [0.29, 0.717) is 6.54 Å². The van der Waals surface area contributed by atoms with Crippen LogP contribution in [0.25, 0.3) is 0 Å². The molecule has 0 unspecified atom stereocenters. The molecule has 0 saturated carbocycles. The maximum Gasteiger partial charge on any atom is 0.128 e. The molecule has 2 aromatic rings. The first-order chi connectivity index (χ1) is 9.20. The van der Waals surface area contributed by atoms with Crippen molar-refractivity contribution in [1.29, 1.82) is 0 Å². The number of rotatable bonds is 5. The van der Waals surface area contributed by atoms with E-state index < -0.39 is 0 Å². The Balaban J connectivity index is 2.16. The summed E-state index contributed by atoms with van der Waals surface area (Å²) in [5.41, 5.74) is 2.90. The van der Waals surface area contributed by atoms with Gasteiger partial charge in [-0.2, -0.15) is 0 Å². The average Bonchev–Trinajstić information content (AvgIpc) is 2.44. The largest absolute Gasteiger partial charge is 0.370 e.